The van der Waals surface area contributed by atoms with Crippen LogP contribution in [0.4, 0.5) is 4.79 Å². The quantitative estimate of drug-likeness (QED) is 0.649. The maximum atomic E-state index is 11.2. The van der Waals surface area contributed by atoms with Crippen LogP contribution in [0.1, 0.15) is 19.3 Å². The van der Waals surface area contributed by atoms with Crippen LogP contribution in [0.2, 0.25) is 0 Å². The van der Waals surface area contributed by atoms with Crippen molar-refractivity contribution in [3.8, 4) is 0 Å². The summed E-state index contributed by atoms with van der Waals surface area (Å²) in [5.74, 6) is -0.312. The van der Waals surface area contributed by atoms with Gasteiger partial charge in [-0.1, -0.05) is 0 Å². The number of primary amides is 1. The first-order chi connectivity index (χ1) is 7.59. The number of nitrogens with zero attached hydrogens (tertiary/aromatic N) is 1. The van der Waals surface area contributed by atoms with E-state index in [0.29, 0.717) is 19.0 Å². The first-order valence-corrected chi connectivity index (χ1v) is 5.60. The number of carbonyl (C=O) groups excluding carboxylic acids is 2. The van der Waals surface area contributed by atoms with Gasteiger partial charge < -0.3 is 16.0 Å². The van der Waals surface area contributed by atoms with Crippen molar-refractivity contribution in [1.82, 2.24) is 15.5 Å². The highest BCUT2D eigenvalue weighted by Gasteiger charge is 2.18. The number of rotatable bonds is 4. The zero-order valence-corrected chi connectivity index (χ0v) is 10.9. The minimum atomic E-state index is -0.783. The fraction of sp³-hybridized carbons (Fsp3) is 0.800. The van der Waals surface area contributed by atoms with Crippen molar-refractivity contribution >= 4 is 24.3 Å². The first-order valence-electron chi connectivity index (χ1n) is 5.60. The molecule has 0 aromatic carbocycles. The van der Waals surface area contributed by atoms with Gasteiger partial charge in [0, 0.05) is 19.0 Å². The molecular weight excluding hydrogens is 244 g/mol. The molecule has 1 saturated heterocycles. The largest absolute Gasteiger partial charge is 0.351 e. The number of imide groups is 1. The first kappa shape index (κ1) is 16.1. The van der Waals surface area contributed by atoms with Gasteiger partial charge in [-0.25, -0.2) is 4.79 Å². The molecule has 0 bridgehead atoms. The fourth-order valence-electron chi connectivity index (χ4n) is 1.91. The lowest BCUT2D eigenvalue weighted by Crippen LogP contribution is -2.43. The lowest BCUT2D eigenvalue weighted by molar-refractivity contribution is -0.120. The van der Waals surface area contributed by atoms with Crippen LogP contribution in [-0.2, 0) is 4.79 Å². The number of hydrogen-bond acceptors (Lipinski definition) is 4. The van der Waals surface area contributed by atoms with E-state index in [1.54, 1.807) is 0 Å². The standard InChI is InChI=1S/C10H20N4O2.ClH/c1-14(8-2-5-12-6-3-8)7-4-9(15)13-10(11)16;/h8,12H,2-7H2,1H3,(H3,11,13,15,16);1H. The Morgan fingerprint density at radius 3 is 2.53 bits per heavy atom. The van der Waals surface area contributed by atoms with E-state index in [1.165, 1.54) is 0 Å². The Balaban J connectivity index is 0.00000256. The molecule has 0 aromatic heterocycles. The fourth-order valence-corrected chi connectivity index (χ4v) is 1.91. The molecule has 0 spiro atoms. The topological polar surface area (TPSA) is 87.5 Å². The number of halogens is 1. The van der Waals surface area contributed by atoms with Gasteiger partial charge in [0.2, 0.25) is 5.91 Å². The van der Waals surface area contributed by atoms with Gasteiger partial charge in [-0.3, -0.25) is 10.1 Å². The average Bonchev–Trinajstić information content (AvgIpc) is 2.26. The van der Waals surface area contributed by atoms with Crippen molar-refractivity contribution in [2.75, 3.05) is 26.7 Å². The van der Waals surface area contributed by atoms with Gasteiger partial charge in [-0.05, 0) is 33.0 Å². The van der Waals surface area contributed by atoms with E-state index < -0.39 is 6.03 Å². The van der Waals surface area contributed by atoms with Crippen LogP contribution in [0, 0.1) is 0 Å². The maximum Gasteiger partial charge on any atom is 0.318 e. The van der Waals surface area contributed by atoms with Gasteiger partial charge in [0.05, 0.1) is 0 Å². The molecule has 4 N–H and O–H groups in total. The van der Waals surface area contributed by atoms with Crippen molar-refractivity contribution in [3.05, 3.63) is 0 Å². The summed E-state index contributed by atoms with van der Waals surface area (Å²) in [4.78, 5) is 23.8. The number of urea groups is 1. The summed E-state index contributed by atoms with van der Waals surface area (Å²) in [6, 6.07) is -0.253. The Morgan fingerprint density at radius 1 is 1.41 bits per heavy atom. The summed E-state index contributed by atoms with van der Waals surface area (Å²) in [5.41, 5.74) is 4.85. The second kappa shape index (κ2) is 8.27. The van der Waals surface area contributed by atoms with Gasteiger partial charge in [-0.2, -0.15) is 0 Å². The number of hydrogen-bond donors (Lipinski definition) is 3. The molecule has 6 nitrogen and oxygen atoms in total. The number of carbonyl (C=O) groups is 2. The van der Waals surface area contributed by atoms with E-state index in [1.807, 2.05) is 7.05 Å². The van der Waals surface area contributed by atoms with Gasteiger partial charge in [0.1, 0.15) is 0 Å². The molecule has 17 heavy (non-hydrogen) atoms. The monoisotopic (exact) mass is 264 g/mol. The highest BCUT2D eigenvalue weighted by molar-refractivity contribution is 5.93. The molecule has 1 heterocycles. The van der Waals surface area contributed by atoms with Crippen LogP contribution in [0.25, 0.3) is 0 Å². The highest BCUT2D eigenvalue weighted by atomic mass is 35.5. The van der Waals surface area contributed by atoms with E-state index in [4.69, 9.17) is 5.73 Å². The van der Waals surface area contributed by atoms with Crippen molar-refractivity contribution in [1.29, 1.82) is 0 Å². The Morgan fingerprint density at radius 2 is 2.00 bits per heavy atom. The van der Waals surface area contributed by atoms with Crippen LogP contribution in [0.5, 0.6) is 0 Å². The summed E-state index contributed by atoms with van der Waals surface area (Å²) in [5, 5.41) is 5.36. The molecule has 1 aliphatic rings. The summed E-state index contributed by atoms with van der Waals surface area (Å²) >= 11 is 0. The molecule has 0 unspecified atom stereocenters. The Labute approximate surface area is 108 Å². The SMILES string of the molecule is CN(CCC(=O)NC(N)=O)C1CCNCC1.Cl. The molecule has 1 aliphatic heterocycles. The molecule has 0 atom stereocenters. The van der Waals surface area contributed by atoms with Gasteiger partial charge in [0.25, 0.3) is 0 Å². The Kier molecular flexibility index (Phi) is 7.86. The second-order valence-electron chi connectivity index (χ2n) is 4.12. The lowest BCUT2D eigenvalue weighted by atomic mass is 10.1. The third-order valence-electron chi connectivity index (χ3n) is 2.89. The van der Waals surface area contributed by atoms with Crippen molar-refractivity contribution in [3.63, 3.8) is 0 Å². The minimum absolute atomic E-state index is 0. The van der Waals surface area contributed by atoms with E-state index in [-0.39, 0.29) is 18.3 Å². The Bertz CT molecular complexity index is 257. The molecule has 0 aliphatic carbocycles. The molecule has 0 saturated carbocycles. The van der Waals surface area contributed by atoms with E-state index in [0.717, 1.165) is 25.9 Å². The van der Waals surface area contributed by atoms with Gasteiger partial charge in [-0.15, -0.1) is 12.4 Å². The van der Waals surface area contributed by atoms with Crippen molar-refractivity contribution in [2.45, 2.75) is 25.3 Å². The number of amides is 3. The lowest BCUT2D eigenvalue weighted by Gasteiger charge is -2.31. The predicted octanol–water partition coefficient (Wildman–Crippen LogP) is -0.323. The molecule has 100 valence electrons. The van der Waals surface area contributed by atoms with Crippen LogP contribution in [0.15, 0.2) is 0 Å². The summed E-state index contributed by atoms with van der Waals surface area (Å²) < 4.78 is 0. The molecule has 7 heteroatoms. The molecule has 1 rings (SSSR count). The normalized spacial score (nSPS) is 16.4. The summed E-state index contributed by atoms with van der Waals surface area (Å²) in [7, 11) is 2.01. The zero-order chi connectivity index (χ0) is 12.0. The maximum absolute atomic E-state index is 11.2. The number of nitrogens with one attached hydrogen (secondary N) is 2. The van der Waals surface area contributed by atoms with Crippen LogP contribution in [-0.4, -0.2) is 49.6 Å². The van der Waals surface area contributed by atoms with Crippen molar-refractivity contribution < 1.29 is 9.59 Å². The molecule has 0 radical (unpaired) electrons. The van der Waals surface area contributed by atoms with Gasteiger partial charge in [0.15, 0.2) is 0 Å². The number of piperidine rings is 1. The summed E-state index contributed by atoms with van der Waals surface area (Å²) in [6.07, 6.45) is 2.52. The highest BCUT2D eigenvalue weighted by Crippen LogP contribution is 2.09. The van der Waals surface area contributed by atoms with Crippen molar-refractivity contribution in [2.24, 2.45) is 5.73 Å². The van der Waals surface area contributed by atoms with E-state index >= 15 is 0 Å². The third kappa shape index (κ3) is 6.45. The van der Waals surface area contributed by atoms with Crippen LogP contribution < -0.4 is 16.4 Å². The second-order valence-corrected chi connectivity index (χ2v) is 4.12. The predicted molar refractivity (Wildman–Crippen MR) is 68.1 cm³/mol. The summed E-state index contributed by atoms with van der Waals surface area (Å²) in [6.45, 7) is 2.72. The zero-order valence-electron chi connectivity index (χ0n) is 10.1. The smallest absolute Gasteiger partial charge is 0.318 e. The molecular formula is C10H21ClN4O2. The molecule has 0 aromatic rings. The molecule has 3 amide bonds. The minimum Gasteiger partial charge on any atom is -0.351 e. The van der Waals surface area contributed by atoms with Crippen LogP contribution >= 0.6 is 12.4 Å². The van der Waals surface area contributed by atoms with Crippen LogP contribution in [0.3, 0.4) is 0 Å². The van der Waals surface area contributed by atoms with Gasteiger partial charge >= 0.3 is 6.03 Å². The third-order valence-corrected chi connectivity index (χ3v) is 2.89. The van der Waals surface area contributed by atoms with E-state index in [9.17, 15) is 9.59 Å². The molecule has 1 fully saturated rings. The van der Waals surface area contributed by atoms with E-state index in [2.05, 4.69) is 15.5 Å². The average molecular weight is 265 g/mol. The number of nitrogens with two attached hydrogens (primary N) is 1. The Hall–Kier alpha value is -0.850.